The van der Waals surface area contributed by atoms with E-state index in [1.165, 1.54) is 0 Å². The number of hydrogen-bond donors (Lipinski definition) is 3. The highest BCUT2D eigenvalue weighted by molar-refractivity contribution is 7.12. The van der Waals surface area contributed by atoms with Gasteiger partial charge < -0.3 is 25.0 Å². The highest BCUT2D eigenvalue weighted by atomic mass is 35.5. The number of thiophene rings is 1. The van der Waals surface area contributed by atoms with Crippen molar-refractivity contribution in [2.45, 2.75) is 51.1 Å². The van der Waals surface area contributed by atoms with Gasteiger partial charge in [-0.1, -0.05) is 42.4 Å². The predicted octanol–water partition coefficient (Wildman–Crippen LogP) is 4.80. The van der Waals surface area contributed by atoms with E-state index in [1.54, 1.807) is 11.3 Å². The summed E-state index contributed by atoms with van der Waals surface area (Å²) in [6.45, 7) is 7.65. The summed E-state index contributed by atoms with van der Waals surface area (Å²) in [5.41, 5.74) is 3.41. The Morgan fingerprint density at radius 2 is 1.95 bits per heavy atom. The molecule has 198 valence electrons. The fourth-order valence-electron chi connectivity index (χ4n) is 5.10. The lowest BCUT2D eigenvalue weighted by molar-refractivity contribution is -0.134. The molecule has 1 aliphatic rings. The number of amides is 1. The summed E-state index contributed by atoms with van der Waals surface area (Å²) in [5.74, 6) is 0.311. The van der Waals surface area contributed by atoms with Crippen LogP contribution in [0.25, 0.3) is 11.0 Å². The number of fused-ring (bicyclic) bond motifs is 1. The molecule has 1 aliphatic heterocycles. The maximum Gasteiger partial charge on any atom is 0.252 e. The number of aromatic nitrogens is 2. The number of imidazole rings is 1. The molecule has 3 heterocycles. The summed E-state index contributed by atoms with van der Waals surface area (Å²) in [4.78, 5) is 21.4. The number of aliphatic hydroxyl groups excluding tert-OH is 2. The first-order chi connectivity index (χ1) is 18.3. The lowest BCUT2D eigenvalue weighted by Crippen LogP contribution is -2.45. The highest BCUT2D eigenvalue weighted by Gasteiger charge is 2.34. The number of hydrogen-bond acceptors (Lipinski definition) is 6. The minimum atomic E-state index is -1.62. The van der Waals surface area contributed by atoms with Crippen molar-refractivity contribution in [1.29, 1.82) is 0 Å². The van der Waals surface area contributed by atoms with Gasteiger partial charge in [-0.2, -0.15) is 0 Å². The summed E-state index contributed by atoms with van der Waals surface area (Å²) in [7, 11) is 0. The van der Waals surface area contributed by atoms with Gasteiger partial charge >= 0.3 is 0 Å². The maximum absolute atomic E-state index is 12.7. The number of carbonyl (C=O) groups is 1. The number of para-hydroxylation sites is 2. The van der Waals surface area contributed by atoms with E-state index in [-0.39, 0.29) is 12.6 Å². The Bertz CT molecular complexity index is 1470. The van der Waals surface area contributed by atoms with Crippen LogP contribution in [0.4, 0.5) is 0 Å². The number of benzene rings is 2. The molecule has 9 heteroatoms. The topological polar surface area (TPSA) is 90.6 Å². The molecule has 1 unspecified atom stereocenters. The van der Waals surface area contributed by atoms with Crippen molar-refractivity contribution in [3.8, 4) is 0 Å². The number of carbonyl (C=O) groups excluding carboxylic acids is 1. The zero-order chi connectivity index (χ0) is 26.8. The second-order valence-electron chi connectivity index (χ2n) is 9.61. The molecule has 1 fully saturated rings. The average Bonchev–Trinajstić information content (AvgIpc) is 3.65. The minimum Gasteiger partial charge on any atom is -0.384 e. The molecule has 2 aromatic heterocycles. The van der Waals surface area contributed by atoms with Gasteiger partial charge in [0.1, 0.15) is 11.9 Å². The van der Waals surface area contributed by atoms with E-state index < -0.39 is 18.1 Å². The molecule has 7 nitrogen and oxygen atoms in total. The van der Waals surface area contributed by atoms with Crippen LogP contribution in [-0.4, -0.2) is 49.3 Å². The lowest BCUT2D eigenvalue weighted by Gasteiger charge is -2.32. The quantitative estimate of drug-likeness (QED) is 0.278. The molecule has 0 saturated carbocycles. The Morgan fingerprint density at radius 1 is 1.16 bits per heavy atom. The van der Waals surface area contributed by atoms with Crippen molar-refractivity contribution >= 4 is 39.9 Å². The molecular formula is C29H31ClN4O3S. The molecule has 0 radical (unpaired) electrons. The number of nitrogens with zero attached hydrogens (tertiary/aromatic N) is 3. The third-order valence-corrected chi connectivity index (χ3v) is 8.38. The summed E-state index contributed by atoms with van der Waals surface area (Å²) >= 11 is 7.76. The van der Waals surface area contributed by atoms with Gasteiger partial charge in [0.25, 0.3) is 5.91 Å². The second kappa shape index (κ2) is 11.3. The minimum absolute atomic E-state index is 0.00750. The molecule has 4 aromatic rings. The van der Waals surface area contributed by atoms with Crippen LogP contribution < -0.4 is 5.32 Å². The average molecular weight is 551 g/mol. The van der Waals surface area contributed by atoms with Crippen molar-refractivity contribution in [3.05, 3.63) is 99.1 Å². The van der Waals surface area contributed by atoms with Crippen molar-refractivity contribution in [2.75, 3.05) is 6.54 Å². The molecule has 2 aromatic carbocycles. The number of rotatable bonds is 9. The number of aryl methyl sites for hydroxylation is 1. The highest BCUT2D eigenvalue weighted by Crippen LogP contribution is 2.36. The Labute approximate surface area is 231 Å². The van der Waals surface area contributed by atoms with Crippen LogP contribution in [0, 0.1) is 6.92 Å². The van der Waals surface area contributed by atoms with Crippen molar-refractivity contribution in [3.63, 3.8) is 0 Å². The van der Waals surface area contributed by atoms with Gasteiger partial charge in [-0.05, 0) is 61.7 Å². The van der Waals surface area contributed by atoms with E-state index in [1.807, 2.05) is 66.4 Å². The monoisotopic (exact) mass is 550 g/mol. The lowest BCUT2D eigenvalue weighted by atomic mass is 10.0. The molecule has 3 N–H and O–H groups in total. The number of nitrogens with one attached hydrogen (secondary N) is 1. The summed E-state index contributed by atoms with van der Waals surface area (Å²) in [5, 5.41) is 24.8. The molecule has 0 spiro atoms. The van der Waals surface area contributed by atoms with Crippen LogP contribution in [0.5, 0.6) is 0 Å². The van der Waals surface area contributed by atoms with Gasteiger partial charge in [0.15, 0.2) is 6.10 Å². The van der Waals surface area contributed by atoms with E-state index in [9.17, 15) is 15.0 Å². The second-order valence-corrected chi connectivity index (χ2v) is 11.3. The third kappa shape index (κ3) is 5.49. The normalized spacial score (nSPS) is 17.1. The number of halogens is 1. The molecule has 1 amide bonds. The Kier molecular flexibility index (Phi) is 7.85. The zero-order valence-corrected chi connectivity index (χ0v) is 22.8. The Balaban J connectivity index is 1.18. The summed E-state index contributed by atoms with van der Waals surface area (Å²) < 4.78 is 2.17. The first-order valence-corrected chi connectivity index (χ1v) is 13.9. The Morgan fingerprint density at radius 3 is 2.76 bits per heavy atom. The third-order valence-electron chi connectivity index (χ3n) is 7.08. The van der Waals surface area contributed by atoms with Gasteiger partial charge in [-0.25, -0.2) is 4.98 Å². The number of aliphatic hydroxyl groups is 2. The SMILES string of the molecule is C=C(C(O)[C@@H](O)C(=O)NCc1ccc(Cn2c(C)nc3ccccc32)s1)N1CCC[C@@H]1c1cccc(Cl)c1. The van der Waals surface area contributed by atoms with E-state index in [0.717, 1.165) is 45.0 Å². The van der Waals surface area contributed by atoms with Crippen molar-refractivity contribution in [2.24, 2.45) is 0 Å². The Hall–Kier alpha value is -3.17. The maximum atomic E-state index is 12.7. The number of likely N-dealkylation sites (tertiary alicyclic amines) is 1. The van der Waals surface area contributed by atoms with E-state index in [4.69, 9.17) is 11.6 Å². The molecule has 0 bridgehead atoms. The fraction of sp³-hybridized carbons (Fsp3) is 0.310. The van der Waals surface area contributed by atoms with Crippen LogP contribution in [0.15, 0.2) is 72.9 Å². The van der Waals surface area contributed by atoms with Crippen LogP contribution in [0.1, 0.15) is 40.0 Å². The largest absolute Gasteiger partial charge is 0.384 e. The molecule has 0 aliphatic carbocycles. The molecule has 1 saturated heterocycles. The molecule has 3 atom stereocenters. The zero-order valence-electron chi connectivity index (χ0n) is 21.2. The van der Waals surface area contributed by atoms with Gasteiger partial charge in [0, 0.05) is 27.0 Å². The van der Waals surface area contributed by atoms with Gasteiger partial charge in [0.05, 0.1) is 30.2 Å². The van der Waals surface area contributed by atoms with Gasteiger partial charge in [0.2, 0.25) is 0 Å². The van der Waals surface area contributed by atoms with E-state index in [0.29, 0.717) is 23.8 Å². The molecule has 5 rings (SSSR count). The predicted molar refractivity (Wildman–Crippen MR) is 151 cm³/mol. The van der Waals surface area contributed by atoms with Gasteiger partial charge in [-0.3, -0.25) is 4.79 Å². The van der Waals surface area contributed by atoms with Crippen LogP contribution in [-0.2, 0) is 17.9 Å². The first kappa shape index (κ1) is 26.4. The molecule has 38 heavy (non-hydrogen) atoms. The van der Waals surface area contributed by atoms with E-state index >= 15 is 0 Å². The van der Waals surface area contributed by atoms with E-state index in [2.05, 4.69) is 27.5 Å². The van der Waals surface area contributed by atoms with Crippen LogP contribution in [0.2, 0.25) is 5.02 Å². The van der Waals surface area contributed by atoms with Crippen molar-refractivity contribution in [1.82, 2.24) is 19.8 Å². The summed E-state index contributed by atoms with van der Waals surface area (Å²) in [6.07, 6.45) is -1.24. The standard InChI is InChI=1S/C29H31ClN4O3S/c1-18(33-14-6-11-25(33)20-7-5-8-21(30)15-20)27(35)28(36)29(37)31-16-22-12-13-23(38-22)17-34-19(2)32-24-9-3-4-10-26(24)34/h3-5,7-10,12-13,15,25,27-28,35-36H,1,6,11,14,16-17H2,2H3,(H,31,37)/t25-,27?,28-/m1/s1. The fourth-order valence-corrected chi connectivity index (χ4v) is 6.24. The smallest absolute Gasteiger partial charge is 0.252 e. The first-order valence-electron chi connectivity index (χ1n) is 12.7. The van der Waals surface area contributed by atoms with Crippen LogP contribution in [0.3, 0.4) is 0 Å². The molecular weight excluding hydrogens is 520 g/mol. The van der Waals surface area contributed by atoms with Crippen LogP contribution >= 0.6 is 22.9 Å². The van der Waals surface area contributed by atoms with Gasteiger partial charge in [-0.15, -0.1) is 11.3 Å². The van der Waals surface area contributed by atoms with Crippen molar-refractivity contribution < 1.29 is 15.0 Å². The summed E-state index contributed by atoms with van der Waals surface area (Å²) in [6, 6.07) is 19.7.